The number of nitrogens with one attached hydrogen (secondary N) is 1. The Bertz CT molecular complexity index is 728. The topological polar surface area (TPSA) is 78.5 Å². The molecule has 0 saturated carbocycles. The first kappa shape index (κ1) is 16.8. The van der Waals surface area contributed by atoms with E-state index in [1.54, 1.807) is 30.3 Å². The number of halogens is 1. The Labute approximate surface area is 138 Å². The zero-order chi connectivity index (χ0) is 17.0. The van der Waals surface area contributed by atoms with Crippen molar-refractivity contribution in [3.05, 3.63) is 58.6 Å². The standard InChI is InChI=1S/C17H16ClNO4/c1-10-9-13(18)5-8-15(10)19-16(20)12-3-6-14(7-4-12)23-11(2)17(21)22/h3-9,11H,1-2H3,(H,19,20)(H,21,22)/p-1/t11-/m0/s1. The molecule has 0 spiro atoms. The van der Waals surface area contributed by atoms with Crippen LogP contribution in [0.3, 0.4) is 0 Å². The van der Waals surface area contributed by atoms with Gasteiger partial charge in [-0.25, -0.2) is 0 Å². The molecule has 1 atom stereocenters. The number of rotatable bonds is 5. The van der Waals surface area contributed by atoms with Crippen LogP contribution in [0.5, 0.6) is 5.75 Å². The van der Waals surface area contributed by atoms with Crippen LogP contribution < -0.4 is 15.2 Å². The van der Waals surface area contributed by atoms with Crippen molar-refractivity contribution in [1.82, 2.24) is 0 Å². The molecule has 5 nitrogen and oxygen atoms in total. The van der Waals surface area contributed by atoms with Crippen LogP contribution in [0.15, 0.2) is 42.5 Å². The van der Waals surface area contributed by atoms with Gasteiger partial charge in [0.25, 0.3) is 5.91 Å². The number of hydrogen-bond donors (Lipinski definition) is 1. The normalized spacial score (nSPS) is 11.6. The lowest BCUT2D eigenvalue weighted by Gasteiger charge is -2.15. The van der Waals surface area contributed by atoms with Crippen LogP contribution in [0.2, 0.25) is 5.02 Å². The summed E-state index contributed by atoms with van der Waals surface area (Å²) >= 11 is 5.88. The van der Waals surface area contributed by atoms with E-state index < -0.39 is 12.1 Å². The van der Waals surface area contributed by atoms with Gasteiger partial charge in [0, 0.05) is 16.3 Å². The van der Waals surface area contributed by atoms with E-state index in [4.69, 9.17) is 16.3 Å². The molecule has 0 aliphatic rings. The monoisotopic (exact) mass is 332 g/mol. The molecule has 0 bridgehead atoms. The molecule has 120 valence electrons. The van der Waals surface area contributed by atoms with Gasteiger partial charge in [-0.15, -0.1) is 0 Å². The molecule has 0 aliphatic carbocycles. The van der Waals surface area contributed by atoms with Crippen molar-refractivity contribution in [3.63, 3.8) is 0 Å². The average Bonchev–Trinajstić information content (AvgIpc) is 2.50. The number of aliphatic carboxylic acids is 1. The van der Waals surface area contributed by atoms with E-state index in [0.29, 0.717) is 22.0 Å². The average molecular weight is 333 g/mol. The minimum atomic E-state index is -1.30. The van der Waals surface area contributed by atoms with Gasteiger partial charge in [0.2, 0.25) is 0 Å². The summed E-state index contributed by atoms with van der Waals surface area (Å²) in [5.74, 6) is -1.24. The SMILES string of the molecule is Cc1cc(Cl)ccc1NC(=O)c1ccc(O[C@@H](C)C(=O)[O-])cc1. The first-order chi connectivity index (χ1) is 10.9. The van der Waals surface area contributed by atoms with Crippen molar-refractivity contribution >= 4 is 29.2 Å². The highest BCUT2D eigenvalue weighted by atomic mass is 35.5. The van der Waals surface area contributed by atoms with E-state index in [0.717, 1.165) is 5.56 Å². The predicted octanol–water partition coefficient (Wildman–Crippen LogP) is 2.42. The van der Waals surface area contributed by atoms with Crippen molar-refractivity contribution in [2.24, 2.45) is 0 Å². The number of anilines is 1. The Morgan fingerprint density at radius 2 is 1.83 bits per heavy atom. The lowest BCUT2D eigenvalue weighted by Crippen LogP contribution is -2.37. The van der Waals surface area contributed by atoms with Crippen molar-refractivity contribution in [2.75, 3.05) is 5.32 Å². The molecule has 2 rings (SSSR count). The molecule has 2 aromatic rings. The second kappa shape index (κ2) is 7.15. The van der Waals surface area contributed by atoms with Gasteiger partial charge in [0.05, 0.1) is 5.97 Å². The highest BCUT2D eigenvalue weighted by Crippen LogP contribution is 2.21. The van der Waals surface area contributed by atoms with Gasteiger partial charge in [-0.05, 0) is 61.9 Å². The van der Waals surface area contributed by atoms with Crippen molar-refractivity contribution in [3.8, 4) is 5.75 Å². The summed E-state index contributed by atoms with van der Waals surface area (Å²) in [4.78, 5) is 22.8. The van der Waals surface area contributed by atoms with Crippen molar-refractivity contribution in [2.45, 2.75) is 20.0 Å². The lowest BCUT2D eigenvalue weighted by molar-refractivity contribution is -0.312. The molecule has 23 heavy (non-hydrogen) atoms. The third-order valence-electron chi connectivity index (χ3n) is 3.20. The largest absolute Gasteiger partial charge is 0.546 e. The number of carboxylic acids is 1. The van der Waals surface area contributed by atoms with E-state index in [1.165, 1.54) is 19.1 Å². The Balaban J connectivity index is 2.06. The summed E-state index contributed by atoms with van der Waals surface area (Å²) in [6.07, 6.45) is -1.06. The Hall–Kier alpha value is -2.53. The maximum absolute atomic E-state index is 12.2. The number of aryl methyl sites for hydroxylation is 1. The summed E-state index contributed by atoms with van der Waals surface area (Å²) in [5, 5.41) is 14.0. The maximum atomic E-state index is 12.2. The number of carboxylic acid groups (broad SMARTS) is 1. The van der Waals surface area contributed by atoms with Gasteiger partial charge >= 0.3 is 0 Å². The molecule has 0 unspecified atom stereocenters. The zero-order valence-electron chi connectivity index (χ0n) is 12.6. The molecule has 6 heteroatoms. The van der Waals surface area contributed by atoms with Gasteiger partial charge in [0.15, 0.2) is 0 Å². The lowest BCUT2D eigenvalue weighted by atomic mass is 10.1. The molecule has 0 radical (unpaired) electrons. The zero-order valence-corrected chi connectivity index (χ0v) is 13.4. The van der Waals surface area contributed by atoms with Crippen molar-refractivity contribution in [1.29, 1.82) is 0 Å². The third kappa shape index (κ3) is 4.47. The van der Waals surface area contributed by atoms with Crippen LogP contribution in [-0.2, 0) is 4.79 Å². The number of carbonyl (C=O) groups excluding carboxylic acids is 2. The molecular weight excluding hydrogens is 318 g/mol. The quantitative estimate of drug-likeness (QED) is 0.912. The molecular formula is C17H15ClNO4-. The maximum Gasteiger partial charge on any atom is 0.255 e. The first-order valence-electron chi connectivity index (χ1n) is 6.92. The second-order valence-corrected chi connectivity index (χ2v) is 5.45. The minimum Gasteiger partial charge on any atom is -0.546 e. The van der Waals surface area contributed by atoms with Crippen LogP contribution in [0.1, 0.15) is 22.8 Å². The highest BCUT2D eigenvalue weighted by Gasteiger charge is 2.09. The number of carbonyl (C=O) groups is 2. The third-order valence-corrected chi connectivity index (χ3v) is 3.43. The summed E-state index contributed by atoms with van der Waals surface area (Å²) < 4.78 is 5.15. The van der Waals surface area contributed by atoms with Gasteiger partial charge in [-0.2, -0.15) is 0 Å². The number of ether oxygens (including phenoxy) is 1. The van der Waals surface area contributed by atoms with Crippen LogP contribution in [0.4, 0.5) is 5.69 Å². The molecule has 0 fully saturated rings. The highest BCUT2D eigenvalue weighted by molar-refractivity contribution is 6.30. The second-order valence-electron chi connectivity index (χ2n) is 5.02. The number of benzene rings is 2. The van der Waals surface area contributed by atoms with Gasteiger partial charge in [-0.1, -0.05) is 11.6 Å². The molecule has 0 saturated heterocycles. The molecule has 1 N–H and O–H groups in total. The Morgan fingerprint density at radius 1 is 1.17 bits per heavy atom. The fourth-order valence-corrected chi connectivity index (χ4v) is 2.13. The van der Waals surface area contributed by atoms with E-state index >= 15 is 0 Å². The molecule has 0 aliphatic heterocycles. The summed E-state index contributed by atoms with van der Waals surface area (Å²) in [7, 11) is 0. The van der Waals surface area contributed by atoms with E-state index in [9.17, 15) is 14.7 Å². The van der Waals surface area contributed by atoms with Crippen LogP contribution >= 0.6 is 11.6 Å². The molecule has 1 amide bonds. The van der Waals surface area contributed by atoms with Crippen LogP contribution in [0.25, 0.3) is 0 Å². The van der Waals surface area contributed by atoms with Gasteiger partial charge in [-0.3, -0.25) is 4.79 Å². The van der Waals surface area contributed by atoms with E-state index in [-0.39, 0.29) is 5.91 Å². The summed E-state index contributed by atoms with van der Waals surface area (Å²) in [5.41, 5.74) is 1.95. The van der Waals surface area contributed by atoms with Crippen molar-refractivity contribution < 1.29 is 19.4 Å². The van der Waals surface area contributed by atoms with E-state index in [2.05, 4.69) is 5.32 Å². The van der Waals surface area contributed by atoms with E-state index in [1.807, 2.05) is 6.92 Å². The van der Waals surface area contributed by atoms with Crippen LogP contribution in [0, 0.1) is 6.92 Å². The predicted molar refractivity (Wildman–Crippen MR) is 85.7 cm³/mol. The van der Waals surface area contributed by atoms with Crippen LogP contribution in [-0.4, -0.2) is 18.0 Å². The molecule has 2 aromatic carbocycles. The minimum absolute atomic E-state index is 0.282. The fraction of sp³-hybridized carbons (Fsp3) is 0.176. The Kier molecular flexibility index (Phi) is 5.24. The number of hydrogen-bond acceptors (Lipinski definition) is 4. The summed E-state index contributed by atoms with van der Waals surface area (Å²) in [6, 6.07) is 11.4. The Morgan fingerprint density at radius 3 is 2.39 bits per heavy atom. The first-order valence-corrected chi connectivity index (χ1v) is 7.29. The molecule has 0 heterocycles. The van der Waals surface area contributed by atoms with Gasteiger partial charge in [0.1, 0.15) is 11.9 Å². The fourth-order valence-electron chi connectivity index (χ4n) is 1.90. The summed E-state index contributed by atoms with van der Waals surface area (Å²) in [6.45, 7) is 3.22. The molecule has 0 aromatic heterocycles. The number of amides is 1. The smallest absolute Gasteiger partial charge is 0.255 e. The van der Waals surface area contributed by atoms with Gasteiger partial charge < -0.3 is 20.0 Å².